The molecule has 58 valence electrons. The van der Waals surface area contributed by atoms with E-state index in [2.05, 4.69) is 4.99 Å². The molecule has 0 saturated heterocycles. The Kier molecular flexibility index (Phi) is 2.87. The lowest BCUT2D eigenvalue weighted by atomic mass is 10.1. The molecule has 0 aromatic rings. The van der Waals surface area contributed by atoms with E-state index in [1.54, 1.807) is 0 Å². The molecule has 0 radical (unpaired) electrons. The lowest BCUT2D eigenvalue weighted by Gasteiger charge is -2.08. The van der Waals surface area contributed by atoms with Crippen LogP contribution in [0.5, 0.6) is 0 Å². The van der Waals surface area contributed by atoms with Gasteiger partial charge in [-0.1, -0.05) is 12.8 Å². The highest BCUT2D eigenvalue weighted by molar-refractivity contribution is 5.89. The van der Waals surface area contributed by atoms with Gasteiger partial charge in [-0.15, -0.1) is 0 Å². The average Bonchev–Trinajstić information content (AvgIpc) is 2.13. The normalized spacial score (nSPS) is 32.2. The second kappa shape index (κ2) is 3.71. The number of rotatable bonds is 0. The molecule has 0 aromatic heterocycles. The number of aliphatic imine (C=N–C) groups is 1. The van der Waals surface area contributed by atoms with Crippen LogP contribution in [0, 0.1) is 0 Å². The van der Waals surface area contributed by atoms with E-state index in [0.29, 0.717) is 0 Å². The monoisotopic (exact) mass is 140 g/mol. The van der Waals surface area contributed by atoms with Crippen molar-refractivity contribution in [3.8, 4) is 0 Å². The van der Waals surface area contributed by atoms with Gasteiger partial charge >= 0.3 is 0 Å². The Bertz CT molecular complexity index is 129. The standard InChI is InChI=1S/C8H16N2/c1-10-8-6-4-2-3-5-7(8)9/h7H,2-6,9H2,1H3. The van der Waals surface area contributed by atoms with E-state index < -0.39 is 0 Å². The molecule has 0 amide bonds. The molecule has 1 unspecified atom stereocenters. The molecule has 2 nitrogen and oxygen atoms in total. The Balaban J connectivity index is 2.52. The van der Waals surface area contributed by atoms with Gasteiger partial charge in [-0.2, -0.15) is 0 Å². The molecule has 0 aliphatic heterocycles. The van der Waals surface area contributed by atoms with Crippen molar-refractivity contribution in [2.75, 3.05) is 7.05 Å². The minimum Gasteiger partial charge on any atom is -0.323 e. The van der Waals surface area contributed by atoms with Gasteiger partial charge < -0.3 is 5.73 Å². The van der Waals surface area contributed by atoms with Gasteiger partial charge in [-0.05, 0) is 19.3 Å². The first kappa shape index (κ1) is 7.73. The lowest BCUT2D eigenvalue weighted by Crippen LogP contribution is -2.28. The van der Waals surface area contributed by atoms with Crippen molar-refractivity contribution < 1.29 is 0 Å². The van der Waals surface area contributed by atoms with Gasteiger partial charge in [0.05, 0.1) is 0 Å². The summed E-state index contributed by atoms with van der Waals surface area (Å²) in [4.78, 5) is 4.18. The highest BCUT2D eigenvalue weighted by Crippen LogP contribution is 2.13. The van der Waals surface area contributed by atoms with Crippen LogP contribution >= 0.6 is 0 Å². The summed E-state index contributed by atoms with van der Waals surface area (Å²) in [5.41, 5.74) is 7.08. The van der Waals surface area contributed by atoms with Gasteiger partial charge in [0.25, 0.3) is 0 Å². The van der Waals surface area contributed by atoms with Crippen molar-refractivity contribution in [2.45, 2.75) is 38.1 Å². The second-order valence-electron chi connectivity index (χ2n) is 2.92. The molecule has 1 atom stereocenters. The van der Waals surface area contributed by atoms with Crippen LogP contribution < -0.4 is 5.73 Å². The zero-order chi connectivity index (χ0) is 7.40. The van der Waals surface area contributed by atoms with Crippen molar-refractivity contribution in [1.29, 1.82) is 0 Å². The van der Waals surface area contributed by atoms with E-state index in [-0.39, 0.29) is 6.04 Å². The summed E-state index contributed by atoms with van der Waals surface area (Å²) < 4.78 is 0. The van der Waals surface area contributed by atoms with Crippen LogP contribution in [0.1, 0.15) is 32.1 Å². The molecule has 1 saturated carbocycles. The summed E-state index contributed by atoms with van der Waals surface area (Å²) in [6.07, 6.45) is 6.14. The molecule has 1 fully saturated rings. The van der Waals surface area contributed by atoms with Crippen molar-refractivity contribution in [3.05, 3.63) is 0 Å². The summed E-state index contributed by atoms with van der Waals surface area (Å²) >= 11 is 0. The predicted molar refractivity (Wildman–Crippen MR) is 44.4 cm³/mol. The number of nitrogens with two attached hydrogens (primary N) is 1. The first-order chi connectivity index (χ1) is 4.84. The Morgan fingerprint density at radius 3 is 2.90 bits per heavy atom. The summed E-state index contributed by atoms with van der Waals surface area (Å²) in [5, 5.41) is 0. The van der Waals surface area contributed by atoms with Gasteiger partial charge in [0.2, 0.25) is 0 Å². The molecule has 2 N–H and O–H groups in total. The molecule has 0 heterocycles. The Labute approximate surface area is 62.5 Å². The molecule has 1 rings (SSSR count). The molecule has 10 heavy (non-hydrogen) atoms. The third-order valence-electron chi connectivity index (χ3n) is 2.16. The smallest absolute Gasteiger partial charge is 0.0425 e. The largest absolute Gasteiger partial charge is 0.323 e. The molecular formula is C8H16N2. The van der Waals surface area contributed by atoms with Crippen molar-refractivity contribution in [3.63, 3.8) is 0 Å². The first-order valence-corrected chi connectivity index (χ1v) is 4.05. The van der Waals surface area contributed by atoms with Crippen LogP contribution in [0.3, 0.4) is 0 Å². The zero-order valence-corrected chi connectivity index (χ0v) is 6.64. The van der Waals surface area contributed by atoms with E-state index >= 15 is 0 Å². The maximum absolute atomic E-state index is 5.86. The minimum absolute atomic E-state index is 0.257. The highest BCUT2D eigenvalue weighted by Gasteiger charge is 2.12. The van der Waals surface area contributed by atoms with E-state index in [1.165, 1.54) is 25.0 Å². The van der Waals surface area contributed by atoms with Crippen molar-refractivity contribution in [1.82, 2.24) is 0 Å². The summed E-state index contributed by atoms with van der Waals surface area (Å²) in [5.74, 6) is 0. The summed E-state index contributed by atoms with van der Waals surface area (Å²) in [6.45, 7) is 0. The van der Waals surface area contributed by atoms with E-state index in [1.807, 2.05) is 7.05 Å². The fourth-order valence-electron chi connectivity index (χ4n) is 1.48. The average molecular weight is 140 g/mol. The molecule has 1 aliphatic carbocycles. The van der Waals surface area contributed by atoms with E-state index in [9.17, 15) is 0 Å². The van der Waals surface area contributed by atoms with Gasteiger partial charge in [0, 0.05) is 18.8 Å². The number of nitrogens with zero attached hydrogens (tertiary/aromatic N) is 1. The van der Waals surface area contributed by atoms with Crippen LogP contribution in [0.4, 0.5) is 0 Å². The molecule has 0 aromatic carbocycles. The zero-order valence-electron chi connectivity index (χ0n) is 6.64. The van der Waals surface area contributed by atoms with E-state index in [4.69, 9.17) is 5.73 Å². The quantitative estimate of drug-likeness (QED) is 0.507. The molecular weight excluding hydrogens is 124 g/mol. The first-order valence-electron chi connectivity index (χ1n) is 4.05. The Hall–Kier alpha value is -0.370. The van der Waals surface area contributed by atoms with Crippen LogP contribution in [-0.2, 0) is 0 Å². The van der Waals surface area contributed by atoms with Gasteiger partial charge in [-0.25, -0.2) is 0 Å². The summed E-state index contributed by atoms with van der Waals surface area (Å²) in [7, 11) is 1.85. The van der Waals surface area contributed by atoms with Crippen LogP contribution in [-0.4, -0.2) is 18.8 Å². The SMILES string of the molecule is CN=C1CCCCCC1N. The van der Waals surface area contributed by atoms with Crippen molar-refractivity contribution in [2.24, 2.45) is 10.7 Å². The van der Waals surface area contributed by atoms with Crippen LogP contribution in [0.15, 0.2) is 4.99 Å². The Morgan fingerprint density at radius 2 is 2.20 bits per heavy atom. The van der Waals surface area contributed by atoms with Crippen LogP contribution in [0.2, 0.25) is 0 Å². The van der Waals surface area contributed by atoms with Crippen LogP contribution in [0.25, 0.3) is 0 Å². The highest BCUT2D eigenvalue weighted by atomic mass is 14.8. The van der Waals surface area contributed by atoms with Gasteiger partial charge in [0.1, 0.15) is 0 Å². The summed E-state index contributed by atoms with van der Waals surface area (Å²) in [6, 6.07) is 0.257. The van der Waals surface area contributed by atoms with Gasteiger partial charge in [0.15, 0.2) is 0 Å². The lowest BCUT2D eigenvalue weighted by molar-refractivity contribution is 0.666. The fourth-order valence-corrected chi connectivity index (χ4v) is 1.48. The number of hydrogen-bond acceptors (Lipinski definition) is 2. The molecule has 2 heteroatoms. The van der Waals surface area contributed by atoms with E-state index in [0.717, 1.165) is 12.8 Å². The predicted octanol–water partition coefficient (Wildman–Crippen LogP) is 1.35. The minimum atomic E-state index is 0.257. The molecule has 0 bridgehead atoms. The number of hydrogen-bond donors (Lipinski definition) is 1. The molecule has 0 spiro atoms. The third-order valence-corrected chi connectivity index (χ3v) is 2.16. The topological polar surface area (TPSA) is 38.4 Å². The maximum atomic E-state index is 5.86. The van der Waals surface area contributed by atoms with Crippen molar-refractivity contribution >= 4 is 5.71 Å². The maximum Gasteiger partial charge on any atom is 0.0425 e. The third kappa shape index (κ3) is 1.81. The second-order valence-corrected chi connectivity index (χ2v) is 2.92. The molecule has 1 aliphatic rings. The Morgan fingerprint density at radius 1 is 1.40 bits per heavy atom. The van der Waals surface area contributed by atoms with Gasteiger partial charge in [-0.3, -0.25) is 4.99 Å². The fraction of sp³-hybridized carbons (Fsp3) is 0.875.